The first-order valence-corrected chi connectivity index (χ1v) is 7.04. The maximum atomic E-state index is 6.15. The molecule has 2 nitrogen and oxygen atoms in total. The van der Waals surface area contributed by atoms with Crippen LogP contribution in [0, 0.1) is 12.8 Å². The van der Waals surface area contributed by atoms with Gasteiger partial charge in [0, 0.05) is 5.39 Å². The van der Waals surface area contributed by atoms with Gasteiger partial charge in [0.25, 0.3) is 0 Å². The van der Waals surface area contributed by atoms with E-state index in [1.54, 1.807) is 0 Å². The third-order valence-electron chi connectivity index (χ3n) is 4.57. The van der Waals surface area contributed by atoms with Gasteiger partial charge in [-0.1, -0.05) is 11.6 Å². The molecular weight excluding hydrogens is 222 g/mol. The van der Waals surface area contributed by atoms with Crippen LogP contribution in [0.2, 0.25) is 0 Å². The Morgan fingerprint density at radius 3 is 2.89 bits per heavy atom. The van der Waals surface area contributed by atoms with E-state index in [-0.39, 0.29) is 5.54 Å². The molecule has 1 aliphatic carbocycles. The molecule has 0 bridgehead atoms. The second-order valence-electron chi connectivity index (χ2n) is 5.93. The van der Waals surface area contributed by atoms with Gasteiger partial charge >= 0.3 is 0 Å². The molecule has 0 amide bonds. The fourth-order valence-electron chi connectivity index (χ4n) is 3.49. The number of hydrogen-bond donors (Lipinski definition) is 1. The first-order valence-electron chi connectivity index (χ1n) is 7.04. The van der Waals surface area contributed by atoms with Gasteiger partial charge in [0.2, 0.25) is 0 Å². The fourth-order valence-corrected chi connectivity index (χ4v) is 3.49. The Kier molecular flexibility index (Phi) is 2.13. The lowest BCUT2D eigenvalue weighted by Crippen LogP contribution is -2.38. The Hall–Kier alpha value is -1.28. The van der Waals surface area contributed by atoms with Crippen LogP contribution >= 0.6 is 0 Å². The Balaban J connectivity index is 1.85. The van der Waals surface area contributed by atoms with E-state index >= 15 is 0 Å². The topological polar surface area (TPSA) is 25.2 Å². The Morgan fingerprint density at radius 1 is 1.28 bits per heavy atom. The largest absolute Gasteiger partial charge is 0.459 e. The van der Waals surface area contributed by atoms with Gasteiger partial charge in [0.1, 0.15) is 11.3 Å². The first-order chi connectivity index (χ1) is 8.78. The molecule has 1 aliphatic heterocycles. The molecule has 94 valence electrons. The van der Waals surface area contributed by atoms with Crippen molar-refractivity contribution in [3.8, 4) is 0 Å². The minimum Gasteiger partial charge on any atom is -0.459 e. The molecule has 1 aromatic carbocycles. The molecule has 2 heteroatoms. The second kappa shape index (κ2) is 3.61. The van der Waals surface area contributed by atoms with Crippen molar-refractivity contribution in [2.75, 3.05) is 6.54 Å². The van der Waals surface area contributed by atoms with E-state index in [4.69, 9.17) is 4.42 Å². The monoisotopic (exact) mass is 241 g/mol. The van der Waals surface area contributed by atoms with Crippen LogP contribution in [-0.2, 0) is 5.54 Å². The molecule has 1 atom stereocenters. The summed E-state index contributed by atoms with van der Waals surface area (Å²) in [5.74, 6) is 1.96. The Bertz CT molecular complexity index is 588. The van der Waals surface area contributed by atoms with E-state index in [1.807, 2.05) is 0 Å². The summed E-state index contributed by atoms with van der Waals surface area (Å²) in [6.07, 6.45) is 5.20. The molecule has 2 aliphatic rings. The molecule has 1 N–H and O–H groups in total. The van der Waals surface area contributed by atoms with Crippen LogP contribution < -0.4 is 5.32 Å². The zero-order chi connectivity index (χ0) is 12.2. The lowest BCUT2D eigenvalue weighted by Gasteiger charge is -2.27. The lowest BCUT2D eigenvalue weighted by atomic mass is 9.88. The van der Waals surface area contributed by atoms with Crippen molar-refractivity contribution in [2.45, 2.75) is 38.1 Å². The van der Waals surface area contributed by atoms with Gasteiger partial charge < -0.3 is 9.73 Å². The van der Waals surface area contributed by atoms with Crippen molar-refractivity contribution in [2.24, 2.45) is 5.92 Å². The maximum Gasteiger partial charge on any atom is 0.134 e. The second-order valence-corrected chi connectivity index (χ2v) is 5.93. The van der Waals surface area contributed by atoms with Gasteiger partial charge in [-0.25, -0.2) is 0 Å². The lowest BCUT2D eigenvalue weighted by molar-refractivity contribution is 0.275. The molecule has 1 unspecified atom stereocenters. The highest BCUT2D eigenvalue weighted by atomic mass is 16.3. The minimum absolute atomic E-state index is 0.146. The van der Waals surface area contributed by atoms with Gasteiger partial charge in [-0.15, -0.1) is 0 Å². The number of furan rings is 1. The van der Waals surface area contributed by atoms with Crippen LogP contribution in [0.5, 0.6) is 0 Å². The molecule has 2 fully saturated rings. The standard InChI is InChI=1S/C16H19NO/c1-11-3-6-14-12(9-11)10-15(18-14)16(13-4-5-13)7-2-8-17-16/h3,6,9-10,13,17H,2,4-5,7-8H2,1H3. The highest BCUT2D eigenvalue weighted by Crippen LogP contribution is 2.51. The van der Waals surface area contributed by atoms with Crippen molar-refractivity contribution >= 4 is 11.0 Å². The minimum atomic E-state index is 0.146. The van der Waals surface area contributed by atoms with E-state index in [2.05, 4.69) is 36.5 Å². The number of rotatable bonds is 2. The van der Waals surface area contributed by atoms with Crippen molar-refractivity contribution in [3.63, 3.8) is 0 Å². The summed E-state index contributed by atoms with van der Waals surface area (Å²) in [6.45, 7) is 3.27. The molecule has 2 aromatic rings. The van der Waals surface area contributed by atoms with Crippen molar-refractivity contribution in [3.05, 3.63) is 35.6 Å². The Labute approximate surface area is 107 Å². The summed E-state index contributed by atoms with van der Waals surface area (Å²) < 4.78 is 6.15. The SMILES string of the molecule is Cc1ccc2oc(C3(C4CC4)CCCN3)cc2c1. The average Bonchev–Trinajstić information content (AvgIpc) is 2.96. The van der Waals surface area contributed by atoms with E-state index in [1.165, 1.54) is 42.4 Å². The van der Waals surface area contributed by atoms with Crippen molar-refractivity contribution in [1.82, 2.24) is 5.32 Å². The highest BCUT2D eigenvalue weighted by Gasteiger charge is 2.50. The van der Waals surface area contributed by atoms with Crippen LogP contribution in [0.4, 0.5) is 0 Å². The van der Waals surface area contributed by atoms with Gasteiger partial charge in [0.15, 0.2) is 0 Å². The summed E-state index contributed by atoms with van der Waals surface area (Å²) in [5, 5.41) is 4.98. The summed E-state index contributed by atoms with van der Waals surface area (Å²) in [4.78, 5) is 0. The van der Waals surface area contributed by atoms with E-state index in [0.717, 1.165) is 18.0 Å². The normalized spacial score (nSPS) is 28.1. The summed E-state index contributed by atoms with van der Waals surface area (Å²) in [5.41, 5.74) is 2.48. The summed E-state index contributed by atoms with van der Waals surface area (Å²) in [6, 6.07) is 8.71. The van der Waals surface area contributed by atoms with Crippen molar-refractivity contribution in [1.29, 1.82) is 0 Å². The zero-order valence-electron chi connectivity index (χ0n) is 10.8. The maximum absolute atomic E-state index is 6.15. The van der Waals surface area contributed by atoms with Crippen molar-refractivity contribution < 1.29 is 4.42 Å². The zero-order valence-corrected chi connectivity index (χ0v) is 10.8. The van der Waals surface area contributed by atoms with Gasteiger partial charge in [-0.3, -0.25) is 0 Å². The molecule has 0 radical (unpaired) electrons. The quantitative estimate of drug-likeness (QED) is 0.866. The molecule has 1 aromatic heterocycles. The van der Waals surface area contributed by atoms with Crippen LogP contribution in [0.15, 0.2) is 28.7 Å². The summed E-state index contributed by atoms with van der Waals surface area (Å²) >= 11 is 0. The molecule has 1 saturated heterocycles. The van der Waals surface area contributed by atoms with Gasteiger partial charge in [-0.05, 0) is 63.3 Å². The van der Waals surface area contributed by atoms with Crippen LogP contribution in [0.1, 0.15) is 37.0 Å². The number of aryl methyl sites for hydroxylation is 1. The molecule has 18 heavy (non-hydrogen) atoms. The molecule has 2 heterocycles. The van der Waals surface area contributed by atoms with Crippen LogP contribution in [0.25, 0.3) is 11.0 Å². The smallest absolute Gasteiger partial charge is 0.134 e. The third kappa shape index (κ3) is 1.45. The van der Waals surface area contributed by atoms with Crippen LogP contribution in [0.3, 0.4) is 0 Å². The molecular formula is C16H19NO. The van der Waals surface area contributed by atoms with Gasteiger partial charge in [0.05, 0.1) is 5.54 Å². The molecule has 0 spiro atoms. The highest BCUT2D eigenvalue weighted by molar-refractivity contribution is 5.79. The number of benzene rings is 1. The van der Waals surface area contributed by atoms with Crippen LogP contribution in [-0.4, -0.2) is 6.54 Å². The van der Waals surface area contributed by atoms with E-state index in [9.17, 15) is 0 Å². The summed E-state index contributed by atoms with van der Waals surface area (Å²) in [7, 11) is 0. The predicted molar refractivity (Wildman–Crippen MR) is 72.6 cm³/mol. The van der Waals surface area contributed by atoms with Gasteiger partial charge in [-0.2, -0.15) is 0 Å². The third-order valence-corrected chi connectivity index (χ3v) is 4.57. The number of nitrogens with one attached hydrogen (secondary N) is 1. The molecule has 1 saturated carbocycles. The van der Waals surface area contributed by atoms with E-state index in [0.29, 0.717) is 0 Å². The predicted octanol–water partition coefficient (Wildman–Crippen LogP) is 3.73. The number of fused-ring (bicyclic) bond motifs is 1. The number of hydrogen-bond acceptors (Lipinski definition) is 2. The Morgan fingerprint density at radius 2 is 2.17 bits per heavy atom. The first kappa shape index (κ1) is 10.6. The van der Waals surface area contributed by atoms with E-state index < -0.39 is 0 Å². The fraction of sp³-hybridized carbons (Fsp3) is 0.500. The molecule has 4 rings (SSSR count). The average molecular weight is 241 g/mol.